The van der Waals surface area contributed by atoms with E-state index in [0.717, 1.165) is 45.4 Å². The van der Waals surface area contributed by atoms with Gasteiger partial charge in [0, 0.05) is 22.8 Å². The SMILES string of the molecule is COc1ncnc2ccc(-c3c[nH]c4nc(CC5CCC5)ccc34)cc12. The summed E-state index contributed by atoms with van der Waals surface area (Å²) in [6.45, 7) is 0. The minimum atomic E-state index is 0.595. The number of aromatic nitrogens is 4. The molecule has 1 aliphatic rings. The van der Waals surface area contributed by atoms with Crippen LogP contribution in [0, 0.1) is 5.92 Å². The van der Waals surface area contributed by atoms with Crippen molar-refractivity contribution >= 4 is 21.9 Å². The van der Waals surface area contributed by atoms with Crippen LogP contribution in [0.25, 0.3) is 33.1 Å². The van der Waals surface area contributed by atoms with Gasteiger partial charge in [0.1, 0.15) is 12.0 Å². The van der Waals surface area contributed by atoms with Crippen LogP contribution in [0.5, 0.6) is 5.88 Å². The summed E-state index contributed by atoms with van der Waals surface area (Å²) >= 11 is 0. The van der Waals surface area contributed by atoms with Crippen molar-refractivity contribution in [3.05, 3.63) is 48.5 Å². The molecule has 0 atom stereocenters. The molecule has 1 fully saturated rings. The van der Waals surface area contributed by atoms with Crippen LogP contribution in [0.4, 0.5) is 0 Å². The van der Waals surface area contributed by atoms with Gasteiger partial charge in [-0.15, -0.1) is 0 Å². The van der Waals surface area contributed by atoms with Crippen LogP contribution in [0.15, 0.2) is 42.9 Å². The maximum atomic E-state index is 5.38. The van der Waals surface area contributed by atoms with Crippen molar-refractivity contribution in [1.82, 2.24) is 19.9 Å². The second-order valence-electron chi connectivity index (χ2n) is 7.02. The van der Waals surface area contributed by atoms with Crippen molar-refractivity contribution in [2.75, 3.05) is 7.11 Å². The highest BCUT2D eigenvalue weighted by Crippen LogP contribution is 2.33. The second-order valence-corrected chi connectivity index (χ2v) is 7.02. The molecule has 1 N–H and O–H groups in total. The molecule has 130 valence electrons. The Morgan fingerprint density at radius 3 is 2.85 bits per heavy atom. The van der Waals surface area contributed by atoms with E-state index in [0.29, 0.717) is 5.88 Å². The highest BCUT2D eigenvalue weighted by molar-refractivity contribution is 5.97. The monoisotopic (exact) mass is 344 g/mol. The van der Waals surface area contributed by atoms with Crippen molar-refractivity contribution in [3.63, 3.8) is 0 Å². The Morgan fingerprint density at radius 1 is 1.12 bits per heavy atom. The van der Waals surface area contributed by atoms with Gasteiger partial charge in [0.25, 0.3) is 0 Å². The molecule has 1 aromatic carbocycles. The summed E-state index contributed by atoms with van der Waals surface area (Å²) in [5, 5.41) is 2.05. The fourth-order valence-corrected chi connectivity index (χ4v) is 3.75. The molecule has 4 aromatic rings. The lowest BCUT2D eigenvalue weighted by molar-refractivity contribution is 0.312. The number of fused-ring (bicyclic) bond motifs is 2. The van der Waals surface area contributed by atoms with Gasteiger partial charge >= 0.3 is 0 Å². The number of aromatic amines is 1. The number of hydrogen-bond donors (Lipinski definition) is 1. The molecular weight excluding hydrogens is 324 g/mol. The summed E-state index contributed by atoms with van der Waals surface area (Å²) in [6.07, 6.45) is 8.71. The molecule has 0 bridgehead atoms. The lowest BCUT2D eigenvalue weighted by Crippen LogP contribution is -2.14. The molecular formula is C21H20N4O. The molecule has 0 radical (unpaired) electrons. The van der Waals surface area contributed by atoms with Crippen LogP contribution in [0.1, 0.15) is 25.0 Å². The molecule has 0 saturated heterocycles. The number of rotatable bonds is 4. The molecule has 1 aliphatic carbocycles. The van der Waals surface area contributed by atoms with Crippen LogP contribution in [0.3, 0.4) is 0 Å². The summed E-state index contributed by atoms with van der Waals surface area (Å²) in [4.78, 5) is 16.7. The number of nitrogens with one attached hydrogen (secondary N) is 1. The van der Waals surface area contributed by atoms with Crippen molar-refractivity contribution in [2.45, 2.75) is 25.7 Å². The first-order chi connectivity index (χ1) is 12.8. The predicted octanol–water partition coefficient (Wildman–Crippen LogP) is 4.52. The van der Waals surface area contributed by atoms with Crippen LogP contribution < -0.4 is 4.74 Å². The van der Waals surface area contributed by atoms with E-state index in [1.165, 1.54) is 31.3 Å². The fourth-order valence-electron chi connectivity index (χ4n) is 3.75. The van der Waals surface area contributed by atoms with Gasteiger partial charge in [-0.25, -0.2) is 15.0 Å². The standard InChI is InChI=1S/C21H20N4O/c1-26-21-17-10-14(5-8-19(17)23-12-24-21)18-11-22-20-16(18)7-6-15(25-20)9-13-3-2-4-13/h5-8,10-13H,2-4,9H2,1H3,(H,22,25). The summed E-state index contributed by atoms with van der Waals surface area (Å²) in [6, 6.07) is 10.5. The minimum absolute atomic E-state index is 0.595. The van der Waals surface area contributed by atoms with Crippen LogP contribution in [-0.4, -0.2) is 27.0 Å². The third-order valence-electron chi connectivity index (χ3n) is 5.42. The molecule has 26 heavy (non-hydrogen) atoms. The molecule has 0 amide bonds. The van der Waals surface area contributed by atoms with Gasteiger partial charge in [-0.2, -0.15) is 0 Å². The third kappa shape index (κ3) is 2.51. The second kappa shape index (κ2) is 6.09. The smallest absolute Gasteiger partial charge is 0.224 e. The Morgan fingerprint density at radius 2 is 2.04 bits per heavy atom. The Labute approximate surface area is 151 Å². The molecule has 3 aromatic heterocycles. The van der Waals surface area contributed by atoms with Gasteiger partial charge in [-0.1, -0.05) is 25.3 Å². The third-order valence-corrected chi connectivity index (χ3v) is 5.42. The fraction of sp³-hybridized carbons (Fsp3) is 0.286. The van der Waals surface area contributed by atoms with E-state index in [9.17, 15) is 0 Å². The number of nitrogens with zero attached hydrogens (tertiary/aromatic N) is 3. The van der Waals surface area contributed by atoms with Gasteiger partial charge in [-0.3, -0.25) is 0 Å². The first-order valence-corrected chi connectivity index (χ1v) is 9.08. The summed E-state index contributed by atoms with van der Waals surface area (Å²) in [5.74, 6) is 1.42. The maximum Gasteiger partial charge on any atom is 0.224 e. The Balaban J connectivity index is 1.57. The quantitative estimate of drug-likeness (QED) is 0.591. The molecule has 0 unspecified atom stereocenters. The Kier molecular flexibility index (Phi) is 3.59. The van der Waals surface area contributed by atoms with E-state index in [1.807, 2.05) is 12.3 Å². The topological polar surface area (TPSA) is 63.7 Å². The number of benzene rings is 1. The number of ether oxygens (including phenoxy) is 1. The number of H-pyrrole nitrogens is 1. The average Bonchev–Trinajstić information content (AvgIpc) is 3.07. The van der Waals surface area contributed by atoms with Crippen molar-refractivity contribution in [2.24, 2.45) is 5.92 Å². The predicted molar refractivity (Wildman–Crippen MR) is 102 cm³/mol. The first-order valence-electron chi connectivity index (χ1n) is 9.08. The van der Waals surface area contributed by atoms with Gasteiger partial charge < -0.3 is 9.72 Å². The van der Waals surface area contributed by atoms with E-state index in [4.69, 9.17) is 9.72 Å². The van der Waals surface area contributed by atoms with E-state index < -0.39 is 0 Å². The molecule has 0 spiro atoms. The Bertz CT molecular complexity index is 1100. The summed E-state index contributed by atoms with van der Waals surface area (Å²) in [5.41, 5.74) is 5.25. The van der Waals surface area contributed by atoms with Crippen molar-refractivity contribution < 1.29 is 4.74 Å². The van der Waals surface area contributed by atoms with Crippen LogP contribution >= 0.6 is 0 Å². The summed E-state index contributed by atoms with van der Waals surface area (Å²) < 4.78 is 5.38. The normalized spacial score (nSPS) is 14.7. The maximum absolute atomic E-state index is 5.38. The highest BCUT2D eigenvalue weighted by Gasteiger charge is 2.19. The largest absolute Gasteiger partial charge is 0.480 e. The molecule has 0 aliphatic heterocycles. The van der Waals surface area contributed by atoms with Crippen LogP contribution in [-0.2, 0) is 6.42 Å². The number of pyridine rings is 1. The average molecular weight is 344 g/mol. The highest BCUT2D eigenvalue weighted by atomic mass is 16.5. The van der Waals surface area contributed by atoms with Gasteiger partial charge in [0.15, 0.2) is 0 Å². The van der Waals surface area contributed by atoms with Crippen LogP contribution in [0.2, 0.25) is 0 Å². The van der Waals surface area contributed by atoms with Gasteiger partial charge in [0.05, 0.1) is 18.0 Å². The summed E-state index contributed by atoms with van der Waals surface area (Å²) in [7, 11) is 1.63. The van der Waals surface area contributed by atoms with Crippen molar-refractivity contribution in [3.8, 4) is 17.0 Å². The lowest BCUT2D eigenvalue weighted by atomic mass is 9.82. The zero-order valence-corrected chi connectivity index (χ0v) is 14.7. The zero-order valence-electron chi connectivity index (χ0n) is 14.7. The zero-order chi connectivity index (χ0) is 17.5. The number of methoxy groups -OCH3 is 1. The molecule has 3 heterocycles. The van der Waals surface area contributed by atoms with Gasteiger partial charge in [-0.05, 0) is 42.2 Å². The minimum Gasteiger partial charge on any atom is -0.480 e. The van der Waals surface area contributed by atoms with E-state index >= 15 is 0 Å². The van der Waals surface area contributed by atoms with E-state index in [1.54, 1.807) is 7.11 Å². The lowest BCUT2D eigenvalue weighted by Gasteiger charge is -2.24. The molecule has 5 heteroatoms. The molecule has 1 saturated carbocycles. The van der Waals surface area contributed by atoms with Crippen molar-refractivity contribution in [1.29, 1.82) is 0 Å². The van der Waals surface area contributed by atoms with E-state index in [2.05, 4.69) is 39.2 Å². The van der Waals surface area contributed by atoms with E-state index in [-0.39, 0.29) is 0 Å². The molecule has 5 rings (SSSR count). The van der Waals surface area contributed by atoms with Gasteiger partial charge in [0.2, 0.25) is 5.88 Å². The number of hydrogen-bond acceptors (Lipinski definition) is 4. The first kappa shape index (κ1) is 15.3. The molecule has 5 nitrogen and oxygen atoms in total. The Hall–Kier alpha value is -2.95.